The molecule has 0 unspecified atom stereocenters. The van der Waals surface area contributed by atoms with Crippen LogP contribution in [0.5, 0.6) is 0 Å². The normalized spacial score (nSPS) is 10.8. The summed E-state index contributed by atoms with van der Waals surface area (Å²) in [6.07, 6.45) is 3.18. The van der Waals surface area contributed by atoms with Gasteiger partial charge in [-0.1, -0.05) is 0 Å². The first-order valence-corrected chi connectivity index (χ1v) is 3.46. The predicted octanol–water partition coefficient (Wildman–Crippen LogP) is -0.445. The third-order valence-electron chi connectivity index (χ3n) is 1.85. The lowest BCUT2D eigenvalue weighted by Gasteiger charge is -1.95. The van der Waals surface area contributed by atoms with Gasteiger partial charge < -0.3 is 4.98 Å². The SMILES string of the molecule is Cn1c(=O)[nH]c(=O)c2c[nH]cc21. The Bertz CT molecular complexity index is 531. The Balaban J connectivity index is 3.18. The van der Waals surface area contributed by atoms with Gasteiger partial charge in [0.1, 0.15) is 0 Å². The van der Waals surface area contributed by atoms with Crippen LogP contribution < -0.4 is 11.2 Å². The average molecular weight is 165 g/mol. The number of fused-ring (bicyclic) bond motifs is 1. The summed E-state index contributed by atoms with van der Waals surface area (Å²) in [5.74, 6) is 0. The first kappa shape index (κ1) is 6.90. The van der Waals surface area contributed by atoms with Crippen LogP contribution in [0.3, 0.4) is 0 Å². The van der Waals surface area contributed by atoms with Crippen molar-refractivity contribution in [1.82, 2.24) is 14.5 Å². The lowest BCUT2D eigenvalue weighted by Crippen LogP contribution is -2.27. The van der Waals surface area contributed by atoms with Crippen molar-refractivity contribution in [2.45, 2.75) is 0 Å². The van der Waals surface area contributed by atoms with Crippen molar-refractivity contribution < 1.29 is 0 Å². The minimum atomic E-state index is -0.396. The van der Waals surface area contributed by atoms with Crippen LogP contribution in [0.1, 0.15) is 0 Å². The summed E-state index contributed by atoms with van der Waals surface area (Å²) >= 11 is 0. The molecule has 12 heavy (non-hydrogen) atoms. The third kappa shape index (κ3) is 0.730. The van der Waals surface area contributed by atoms with Gasteiger partial charge in [0, 0.05) is 19.4 Å². The molecule has 0 radical (unpaired) electrons. The number of aromatic nitrogens is 3. The highest BCUT2D eigenvalue weighted by atomic mass is 16.2. The van der Waals surface area contributed by atoms with Crippen LogP contribution in [0.2, 0.25) is 0 Å². The molecule has 2 heterocycles. The first-order valence-electron chi connectivity index (χ1n) is 3.46. The van der Waals surface area contributed by atoms with Gasteiger partial charge in [-0.3, -0.25) is 14.3 Å². The van der Waals surface area contributed by atoms with Gasteiger partial charge >= 0.3 is 5.69 Å². The summed E-state index contributed by atoms with van der Waals surface area (Å²) in [5, 5.41) is 0.497. The summed E-state index contributed by atoms with van der Waals surface area (Å²) < 4.78 is 1.38. The second-order valence-electron chi connectivity index (χ2n) is 2.57. The molecule has 0 atom stereocenters. The van der Waals surface area contributed by atoms with E-state index in [1.165, 1.54) is 4.57 Å². The molecule has 0 saturated carbocycles. The first-order chi connectivity index (χ1) is 5.70. The maximum absolute atomic E-state index is 11.1. The monoisotopic (exact) mass is 165 g/mol. The van der Waals surface area contributed by atoms with E-state index in [1.54, 1.807) is 19.4 Å². The number of rotatable bonds is 0. The van der Waals surface area contributed by atoms with Gasteiger partial charge in [0.15, 0.2) is 0 Å². The van der Waals surface area contributed by atoms with E-state index in [1.807, 2.05) is 0 Å². The van der Waals surface area contributed by atoms with Gasteiger partial charge in [-0.15, -0.1) is 0 Å². The van der Waals surface area contributed by atoms with Gasteiger partial charge in [0.05, 0.1) is 10.9 Å². The van der Waals surface area contributed by atoms with E-state index < -0.39 is 5.69 Å². The lowest BCUT2D eigenvalue weighted by atomic mass is 10.4. The second kappa shape index (κ2) is 2.10. The van der Waals surface area contributed by atoms with E-state index in [-0.39, 0.29) is 5.56 Å². The Morgan fingerprint density at radius 3 is 2.83 bits per heavy atom. The summed E-state index contributed by atoms with van der Waals surface area (Å²) in [4.78, 5) is 27.1. The lowest BCUT2D eigenvalue weighted by molar-refractivity contribution is 0.844. The van der Waals surface area contributed by atoms with Crippen LogP contribution in [-0.4, -0.2) is 14.5 Å². The summed E-state index contributed by atoms with van der Waals surface area (Å²) in [6.45, 7) is 0. The van der Waals surface area contributed by atoms with Crippen LogP contribution in [0, 0.1) is 0 Å². The van der Waals surface area contributed by atoms with Crippen LogP contribution in [0.4, 0.5) is 0 Å². The zero-order chi connectivity index (χ0) is 8.72. The minimum Gasteiger partial charge on any atom is -0.365 e. The maximum atomic E-state index is 11.1. The molecule has 0 fully saturated rings. The van der Waals surface area contributed by atoms with Gasteiger partial charge in [-0.05, 0) is 0 Å². The maximum Gasteiger partial charge on any atom is 0.328 e. The van der Waals surface area contributed by atoms with Gasteiger partial charge in [0.2, 0.25) is 0 Å². The molecule has 0 amide bonds. The molecule has 2 rings (SSSR count). The number of nitrogens with zero attached hydrogens (tertiary/aromatic N) is 1. The van der Waals surface area contributed by atoms with E-state index in [4.69, 9.17) is 0 Å². The standard InChI is InChI=1S/C7H7N3O2/c1-10-5-3-8-2-4(5)6(11)9-7(10)12/h2-3,8H,1H3,(H,9,11,12). The molecule has 0 spiro atoms. The van der Waals surface area contributed by atoms with Crippen LogP contribution >= 0.6 is 0 Å². The average Bonchev–Trinajstić information content (AvgIpc) is 2.48. The van der Waals surface area contributed by atoms with Crippen molar-refractivity contribution in [2.24, 2.45) is 7.05 Å². The van der Waals surface area contributed by atoms with E-state index in [9.17, 15) is 9.59 Å². The predicted molar refractivity (Wildman–Crippen MR) is 44.2 cm³/mol. The van der Waals surface area contributed by atoms with Crippen LogP contribution in [0.15, 0.2) is 22.0 Å². The fraction of sp³-hybridized carbons (Fsp3) is 0.143. The third-order valence-corrected chi connectivity index (χ3v) is 1.85. The molecule has 5 heteroatoms. The van der Waals surface area contributed by atoms with Gasteiger partial charge in [-0.2, -0.15) is 0 Å². The Morgan fingerprint density at radius 2 is 2.08 bits per heavy atom. The smallest absolute Gasteiger partial charge is 0.328 e. The van der Waals surface area contributed by atoms with Gasteiger partial charge in [0.25, 0.3) is 5.56 Å². The van der Waals surface area contributed by atoms with E-state index >= 15 is 0 Å². The molecule has 0 aliphatic heterocycles. The number of hydrogen-bond donors (Lipinski definition) is 2. The van der Waals surface area contributed by atoms with Crippen LogP contribution in [-0.2, 0) is 7.05 Å². The largest absolute Gasteiger partial charge is 0.365 e. The highest BCUT2D eigenvalue weighted by Crippen LogP contribution is 2.02. The second-order valence-corrected chi connectivity index (χ2v) is 2.57. The summed E-state index contributed by atoms with van der Waals surface area (Å²) in [5.41, 5.74) is -0.134. The zero-order valence-corrected chi connectivity index (χ0v) is 6.42. The highest BCUT2D eigenvalue weighted by Gasteiger charge is 2.03. The Morgan fingerprint density at radius 1 is 1.33 bits per heavy atom. The number of hydrogen-bond acceptors (Lipinski definition) is 2. The molecule has 0 saturated heterocycles. The number of nitrogens with one attached hydrogen (secondary N) is 2. The molecule has 2 aromatic rings. The molecule has 0 aromatic carbocycles. The molecule has 5 nitrogen and oxygen atoms in total. The van der Waals surface area contributed by atoms with Crippen LogP contribution in [0.25, 0.3) is 10.9 Å². The number of aromatic amines is 2. The molecule has 0 aliphatic carbocycles. The number of aryl methyl sites for hydroxylation is 1. The van der Waals surface area contributed by atoms with Crippen molar-refractivity contribution in [3.63, 3.8) is 0 Å². The molecular formula is C7H7N3O2. The topological polar surface area (TPSA) is 70.7 Å². The van der Waals surface area contributed by atoms with Crippen molar-refractivity contribution in [2.75, 3.05) is 0 Å². The summed E-state index contributed by atoms with van der Waals surface area (Å²) in [7, 11) is 1.61. The molecule has 0 aliphatic rings. The fourth-order valence-corrected chi connectivity index (χ4v) is 1.17. The van der Waals surface area contributed by atoms with Crippen molar-refractivity contribution in [1.29, 1.82) is 0 Å². The van der Waals surface area contributed by atoms with Crippen molar-refractivity contribution in [3.8, 4) is 0 Å². The quantitative estimate of drug-likeness (QED) is 0.555. The van der Waals surface area contributed by atoms with E-state index in [2.05, 4.69) is 9.97 Å². The number of H-pyrrole nitrogens is 2. The molecule has 2 N–H and O–H groups in total. The zero-order valence-electron chi connectivity index (χ0n) is 6.42. The van der Waals surface area contributed by atoms with Gasteiger partial charge in [-0.25, -0.2) is 4.79 Å². The minimum absolute atomic E-state index is 0.352. The van der Waals surface area contributed by atoms with E-state index in [0.717, 1.165) is 0 Å². The molecular weight excluding hydrogens is 158 g/mol. The Kier molecular flexibility index (Phi) is 1.21. The Labute approximate surface area is 66.7 Å². The Hall–Kier alpha value is -1.78. The van der Waals surface area contributed by atoms with E-state index in [0.29, 0.717) is 10.9 Å². The highest BCUT2D eigenvalue weighted by molar-refractivity contribution is 5.76. The van der Waals surface area contributed by atoms with Crippen molar-refractivity contribution >= 4 is 10.9 Å². The van der Waals surface area contributed by atoms with Crippen molar-refractivity contribution in [3.05, 3.63) is 33.2 Å². The molecule has 62 valence electrons. The molecule has 0 bridgehead atoms. The summed E-state index contributed by atoms with van der Waals surface area (Å²) in [6, 6.07) is 0. The fourth-order valence-electron chi connectivity index (χ4n) is 1.17. The molecule has 2 aromatic heterocycles.